The van der Waals surface area contributed by atoms with E-state index in [0.717, 1.165) is 12.5 Å². The first-order chi connectivity index (χ1) is 18.0. The molecule has 0 bridgehead atoms. The zero-order chi connectivity index (χ0) is 28.4. The summed E-state index contributed by atoms with van der Waals surface area (Å²) >= 11 is 0. The first-order valence-corrected chi connectivity index (χ1v) is 16.0. The molecule has 17 heteroatoms. The molecule has 39 heavy (non-hydrogen) atoms. The summed E-state index contributed by atoms with van der Waals surface area (Å²) in [5.41, 5.74) is 0.373. The van der Waals surface area contributed by atoms with Crippen LogP contribution in [0.5, 0.6) is 0 Å². The van der Waals surface area contributed by atoms with E-state index in [2.05, 4.69) is 14.7 Å². The number of hydrogen-bond donors (Lipinski definition) is 1. The Labute approximate surface area is 224 Å². The van der Waals surface area contributed by atoms with Crippen molar-refractivity contribution in [2.75, 3.05) is 36.9 Å². The van der Waals surface area contributed by atoms with E-state index in [1.807, 2.05) is 0 Å². The van der Waals surface area contributed by atoms with Crippen LogP contribution in [0.4, 0.5) is 14.6 Å². The summed E-state index contributed by atoms with van der Waals surface area (Å²) in [5.74, 6) is -3.84. The van der Waals surface area contributed by atoms with Gasteiger partial charge in [0.1, 0.15) is 30.3 Å². The number of sulfonamides is 1. The van der Waals surface area contributed by atoms with E-state index >= 15 is 0 Å². The third-order valence-corrected chi connectivity index (χ3v) is 8.00. The number of nitrogens with zero attached hydrogens (tertiary/aromatic N) is 4. The Bertz CT molecular complexity index is 1450. The molecule has 0 saturated carbocycles. The molecule has 0 aliphatic carbocycles. The van der Waals surface area contributed by atoms with Crippen molar-refractivity contribution in [3.05, 3.63) is 18.6 Å². The number of nitrogens with one attached hydrogen (secondary N) is 1. The molecule has 0 spiro atoms. The van der Waals surface area contributed by atoms with Gasteiger partial charge in [-0.3, -0.25) is 13.8 Å². The van der Waals surface area contributed by atoms with Crippen LogP contribution in [-0.2, 0) is 38.5 Å². The molecule has 0 amide bonds. The highest BCUT2D eigenvalue weighted by Crippen LogP contribution is 2.45. The number of alkyl halides is 2. The summed E-state index contributed by atoms with van der Waals surface area (Å²) in [6.07, 6.45) is 1.69. The van der Waals surface area contributed by atoms with E-state index in [4.69, 9.17) is 18.4 Å². The van der Waals surface area contributed by atoms with Crippen LogP contribution in [0, 0.1) is 0 Å². The molecule has 3 saturated heterocycles. The number of rotatable bonds is 8. The molecule has 3 fully saturated rings. The SMILES string of the molecule is CC1(C)O[C@@H]2[C@H](O1)[C@@H](CN1CC(F)(F)CCC1COS(C)(=O)=O)O[C@H]2n1ccc2c(NS(C)(=O)=O)ncnc21. The van der Waals surface area contributed by atoms with Crippen LogP contribution in [0.25, 0.3) is 11.0 Å². The average Bonchev–Trinajstić information content (AvgIpc) is 3.43. The van der Waals surface area contributed by atoms with Crippen LogP contribution in [0.3, 0.4) is 0 Å². The Hall–Kier alpha value is -2.02. The fourth-order valence-electron chi connectivity index (χ4n) is 5.36. The molecule has 1 unspecified atom stereocenters. The van der Waals surface area contributed by atoms with Crippen molar-refractivity contribution < 1.29 is 44.0 Å². The van der Waals surface area contributed by atoms with Crippen molar-refractivity contribution >= 4 is 37.0 Å². The van der Waals surface area contributed by atoms with E-state index in [1.165, 1.54) is 11.2 Å². The third-order valence-electron chi connectivity index (χ3n) is 6.87. The van der Waals surface area contributed by atoms with Gasteiger partial charge in [-0.25, -0.2) is 27.2 Å². The summed E-state index contributed by atoms with van der Waals surface area (Å²) in [4.78, 5) is 9.81. The Kier molecular flexibility index (Phi) is 7.17. The van der Waals surface area contributed by atoms with Gasteiger partial charge >= 0.3 is 0 Å². The molecule has 1 N–H and O–H groups in total. The lowest BCUT2D eigenvalue weighted by Gasteiger charge is -2.40. The number of hydrogen-bond acceptors (Lipinski definition) is 11. The fourth-order valence-corrected chi connectivity index (χ4v) is 6.28. The summed E-state index contributed by atoms with van der Waals surface area (Å²) in [7, 11) is -7.36. The number of likely N-dealkylation sites (tertiary alicyclic amines) is 1. The molecule has 3 aliphatic heterocycles. The second-order valence-corrected chi connectivity index (χ2v) is 14.0. The first-order valence-electron chi connectivity index (χ1n) is 12.3. The Morgan fingerprint density at radius 2 is 1.87 bits per heavy atom. The first kappa shape index (κ1) is 28.5. The number of fused-ring (bicyclic) bond motifs is 2. The molecule has 0 radical (unpaired) electrons. The highest BCUT2D eigenvalue weighted by Gasteiger charge is 2.57. The quantitative estimate of drug-likeness (QED) is 0.440. The zero-order valence-corrected chi connectivity index (χ0v) is 23.4. The van der Waals surface area contributed by atoms with Crippen LogP contribution in [0.15, 0.2) is 18.6 Å². The predicted molar refractivity (Wildman–Crippen MR) is 134 cm³/mol. The highest BCUT2D eigenvalue weighted by atomic mass is 32.2. The molecule has 3 aliphatic rings. The molecule has 2 aromatic rings. The van der Waals surface area contributed by atoms with Gasteiger partial charge in [-0.05, 0) is 26.3 Å². The molecule has 5 rings (SSSR count). The minimum atomic E-state index is -3.76. The number of ether oxygens (including phenoxy) is 3. The van der Waals surface area contributed by atoms with Crippen LogP contribution >= 0.6 is 0 Å². The van der Waals surface area contributed by atoms with E-state index in [-0.39, 0.29) is 31.8 Å². The minimum Gasteiger partial charge on any atom is -0.348 e. The van der Waals surface area contributed by atoms with Crippen LogP contribution in [0.1, 0.15) is 32.9 Å². The van der Waals surface area contributed by atoms with Gasteiger partial charge in [0, 0.05) is 25.2 Å². The van der Waals surface area contributed by atoms with Crippen LogP contribution < -0.4 is 4.72 Å². The topological polar surface area (TPSA) is 151 Å². The highest BCUT2D eigenvalue weighted by molar-refractivity contribution is 7.92. The monoisotopic (exact) mass is 595 g/mol. The lowest BCUT2D eigenvalue weighted by atomic mass is 9.98. The predicted octanol–water partition coefficient (Wildman–Crippen LogP) is 1.30. The van der Waals surface area contributed by atoms with Crippen molar-refractivity contribution in [1.29, 1.82) is 0 Å². The summed E-state index contributed by atoms with van der Waals surface area (Å²) < 4.78 is 103. The van der Waals surface area contributed by atoms with Gasteiger partial charge in [-0.1, -0.05) is 0 Å². The van der Waals surface area contributed by atoms with E-state index in [0.29, 0.717) is 11.0 Å². The molecular formula is C22H31F2N5O8S2. The van der Waals surface area contributed by atoms with Crippen molar-refractivity contribution in [3.8, 4) is 0 Å². The average molecular weight is 596 g/mol. The van der Waals surface area contributed by atoms with E-state index in [1.54, 1.807) is 30.7 Å². The largest absolute Gasteiger partial charge is 0.348 e. The molecule has 5 heterocycles. The van der Waals surface area contributed by atoms with Gasteiger partial charge in [-0.15, -0.1) is 0 Å². The standard InChI is InChI=1S/C22H31F2N5O8S2/c1-21(2)36-16-15(9-28-11-22(23,24)7-5-13(28)10-34-39(4,32)33)35-20(17(16)37-21)29-8-6-14-18(27-38(3,30)31)25-12-26-19(14)29/h6,8,12-13,15-17,20H,5,7,9-11H2,1-4H3,(H,25,26,27)/t13?,15-,16-,17-,20-/m1/s1. The van der Waals surface area contributed by atoms with Crippen molar-refractivity contribution in [1.82, 2.24) is 19.4 Å². The van der Waals surface area contributed by atoms with Gasteiger partial charge in [0.05, 0.1) is 31.0 Å². The van der Waals surface area contributed by atoms with Crippen LogP contribution in [0.2, 0.25) is 0 Å². The van der Waals surface area contributed by atoms with Gasteiger partial charge in [-0.2, -0.15) is 8.42 Å². The van der Waals surface area contributed by atoms with Gasteiger partial charge < -0.3 is 18.8 Å². The fraction of sp³-hybridized carbons (Fsp3) is 0.727. The van der Waals surface area contributed by atoms with E-state index in [9.17, 15) is 25.6 Å². The maximum Gasteiger partial charge on any atom is 0.264 e. The Morgan fingerprint density at radius 1 is 1.15 bits per heavy atom. The smallest absolute Gasteiger partial charge is 0.264 e. The minimum absolute atomic E-state index is 0.0134. The van der Waals surface area contributed by atoms with Crippen molar-refractivity contribution in [2.45, 2.75) is 69.0 Å². The Morgan fingerprint density at radius 3 is 2.56 bits per heavy atom. The normalized spacial score (nSPS) is 31.0. The molecule has 0 aromatic carbocycles. The van der Waals surface area contributed by atoms with E-state index < -0.39 is 69.0 Å². The zero-order valence-electron chi connectivity index (χ0n) is 21.8. The second kappa shape index (κ2) is 9.81. The molecule has 5 atom stereocenters. The maximum absolute atomic E-state index is 14.4. The van der Waals surface area contributed by atoms with Gasteiger partial charge in [0.25, 0.3) is 16.0 Å². The molecule has 13 nitrogen and oxygen atoms in total. The third kappa shape index (κ3) is 6.34. The van der Waals surface area contributed by atoms with Crippen molar-refractivity contribution in [3.63, 3.8) is 0 Å². The van der Waals surface area contributed by atoms with Crippen LogP contribution in [-0.4, -0.2) is 105 Å². The van der Waals surface area contributed by atoms with Gasteiger partial charge in [0.2, 0.25) is 10.0 Å². The lowest BCUT2D eigenvalue weighted by molar-refractivity contribution is -0.201. The maximum atomic E-state index is 14.4. The van der Waals surface area contributed by atoms with Crippen molar-refractivity contribution in [2.24, 2.45) is 0 Å². The second-order valence-electron chi connectivity index (χ2n) is 10.7. The summed E-state index contributed by atoms with van der Waals surface area (Å²) in [6.45, 7) is 2.65. The molecule has 218 valence electrons. The number of anilines is 1. The lowest BCUT2D eigenvalue weighted by Crippen LogP contribution is -2.54. The number of aromatic nitrogens is 3. The molecule has 2 aromatic heterocycles. The summed E-state index contributed by atoms with van der Waals surface area (Å²) in [6, 6.07) is 1.07. The summed E-state index contributed by atoms with van der Waals surface area (Å²) in [5, 5.41) is 0.429. The van der Waals surface area contributed by atoms with Gasteiger partial charge in [0.15, 0.2) is 17.8 Å². The Balaban J connectivity index is 1.43. The molecular weight excluding hydrogens is 564 g/mol. The number of halogens is 2. The number of piperidine rings is 1.